The van der Waals surface area contributed by atoms with Crippen LogP contribution in [0.3, 0.4) is 0 Å². The van der Waals surface area contributed by atoms with Crippen LogP contribution in [0.2, 0.25) is 0 Å². The van der Waals surface area contributed by atoms with Gasteiger partial charge in [-0.1, -0.05) is 84.0 Å². The van der Waals surface area contributed by atoms with Gasteiger partial charge >= 0.3 is 5.76 Å². The zero-order chi connectivity index (χ0) is 19.3. The molecule has 0 fully saturated rings. The molecular formula is C22H17N3O3. The molecule has 3 aromatic carbocycles. The minimum atomic E-state index is -0.676. The Morgan fingerprint density at radius 2 is 1.46 bits per heavy atom. The Bertz CT molecular complexity index is 1150. The predicted octanol–water partition coefficient (Wildman–Crippen LogP) is 3.81. The van der Waals surface area contributed by atoms with Crippen LogP contribution in [0.15, 0.2) is 94.2 Å². The second-order valence-corrected chi connectivity index (χ2v) is 6.18. The van der Waals surface area contributed by atoms with Crippen molar-refractivity contribution >= 4 is 11.6 Å². The first-order valence-corrected chi connectivity index (χ1v) is 8.78. The van der Waals surface area contributed by atoms with Crippen molar-refractivity contribution in [2.24, 2.45) is 0 Å². The summed E-state index contributed by atoms with van der Waals surface area (Å²) in [5, 5.41) is 6.69. The molecule has 0 aliphatic carbocycles. The molecule has 138 valence electrons. The number of nitrogens with zero attached hydrogens (tertiary/aromatic N) is 2. The number of benzene rings is 3. The van der Waals surface area contributed by atoms with Crippen LogP contribution in [0.5, 0.6) is 0 Å². The number of para-hydroxylation sites is 1. The van der Waals surface area contributed by atoms with Gasteiger partial charge in [0, 0.05) is 16.8 Å². The summed E-state index contributed by atoms with van der Waals surface area (Å²) in [5.41, 5.74) is 3.26. The van der Waals surface area contributed by atoms with Crippen LogP contribution in [-0.4, -0.2) is 15.6 Å². The van der Waals surface area contributed by atoms with E-state index in [0.717, 1.165) is 11.1 Å². The number of anilines is 1. The van der Waals surface area contributed by atoms with Gasteiger partial charge in [-0.25, -0.2) is 9.36 Å². The molecule has 0 unspecified atom stereocenters. The third-order valence-electron chi connectivity index (χ3n) is 4.31. The molecule has 28 heavy (non-hydrogen) atoms. The Morgan fingerprint density at radius 3 is 2.18 bits per heavy atom. The molecule has 0 saturated carbocycles. The Hall–Kier alpha value is -3.93. The molecule has 1 amide bonds. The summed E-state index contributed by atoms with van der Waals surface area (Å²) >= 11 is 0. The molecule has 4 aromatic rings. The van der Waals surface area contributed by atoms with Gasteiger partial charge in [0.2, 0.25) is 5.91 Å². The average Bonchev–Trinajstić information content (AvgIpc) is 3.10. The second kappa shape index (κ2) is 7.75. The van der Waals surface area contributed by atoms with E-state index < -0.39 is 5.76 Å². The Labute approximate surface area is 161 Å². The van der Waals surface area contributed by atoms with E-state index in [0.29, 0.717) is 17.1 Å². The van der Waals surface area contributed by atoms with Crippen LogP contribution in [0, 0.1) is 0 Å². The lowest BCUT2D eigenvalue weighted by Gasteiger charge is -2.11. The fourth-order valence-electron chi connectivity index (χ4n) is 3.00. The van der Waals surface area contributed by atoms with Crippen molar-refractivity contribution < 1.29 is 9.32 Å². The highest BCUT2D eigenvalue weighted by Crippen LogP contribution is 2.27. The predicted molar refractivity (Wildman–Crippen MR) is 107 cm³/mol. The molecule has 0 saturated heterocycles. The standard InChI is InChI=1S/C22H17N3O3/c26-20(15-25-21(24-28-22(25)27)17-11-5-2-6-12-17)23-19-14-8-7-13-18(19)16-9-3-1-4-10-16/h1-14H,15H2,(H,23,26). The van der Waals surface area contributed by atoms with Gasteiger partial charge in [0.05, 0.1) is 0 Å². The third kappa shape index (κ3) is 3.61. The molecule has 0 spiro atoms. The highest BCUT2D eigenvalue weighted by atomic mass is 16.5. The quantitative estimate of drug-likeness (QED) is 0.579. The number of nitrogens with one attached hydrogen (secondary N) is 1. The van der Waals surface area contributed by atoms with E-state index >= 15 is 0 Å². The number of hydrogen-bond donors (Lipinski definition) is 1. The zero-order valence-electron chi connectivity index (χ0n) is 14.9. The van der Waals surface area contributed by atoms with Crippen molar-refractivity contribution in [3.8, 4) is 22.5 Å². The van der Waals surface area contributed by atoms with E-state index in [1.165, 1.54) is 4.57 Å². The first kappa shape index (κ1) is 17.5. The molecular weight excluding hydrogens is 354 g/mol. The molecule has 0 radical (unpaired) electrons. The maximum Gasteiger partial charge on any atom is 0.442 e. The summed E-state index contributed by atoms with van der Waals surface area (Å²) in [6.07, 6.45) is 0. The van der Waals surface area contributed by atoms with E-state index in [2.05, 4.69) is 10.5 Å². The largest absolute Gasteiger partial charge is 0.442 e. The van der Waals surface area contributed by atoms with Crippen molar-refractivity contribution in [1.29, 1.82) is 0 Å². The van der Waals surface area contributed by atoms with Crippen LogP contribution in [-0.2, 0) is 11.3 Å². The summed E-state index contributed by atoms with van der Waals surface area (Å²) in [5.74, 6) is -0.701. The second-order valence-electron chi connectivity index (χ2n) is 6.18. The molecule has 1 N–H and O–H groups in total. The molecule has 6 heteroatoms. The van der Waals surface area contributed by atoms with Gasteiger partial charge in [-0.15, -0.1) is 0 Å². The average molecular weight is 371 g/mol. The number of carbonyl (C=O) groups excluding carboxylic acids is 1. The lowest BCUT2D eigenvalue weighted by molar-refractivity contribution is -0.116. The van der Waals surface area contributed by atoms with Gasteiger partial charge in [0.25, 0.3) is 0 Å². The van der Waals surface area contributed by atoms with Crippen molar-refractivity contribution in [1.82, 2.24) is 9.72 Å². The minimum absolute atomic E-state index is 0.199. The van der Waals surface area contributed by atoms with E-state index in [-0.39, 0.29) is 12.5 Å². The molecule has 1 aromatic heterocycles. The maximum absolute atomic E-state index is 12.7. The first-order valence-electron chi connectivity index (χ1n) is 8.78. The van der Waals surface area contributed by atoms with Gasteiger partial charge in [-0.05, 0) is 11.6 Å². The number of hydrogen-bond acceptors (Lipinski definition) is 4. The Morgan fingerprint density at radius 1 is 0.857 bits per heavy atom. The van der Waals surface area contributed by atoms with Crippen molar-refractivity contribution in [2.45, 2.75) is 6.54 Å². The Balaban J connectivity index is 1.59. The normalized spacial score (nSPS) is 10.6. The fraction of sp³-hybridized carbons (Fsp3) is 0.0455. The van der Waals surface area contributed by atoms with Crippen molar-refractivity contribution in [3.63, 3.8) is 0 Å². The number of carbonyl (C=O) groups is 1. The van der Waals surface area contributed by atoms with Crippen LogP contribution >= 0.6 is 0 Å². The summed E-state index contributed by atoms with van der Waals surface area (Å²) < 4.78 is 5.99. The molecule has 0 aliphatic heterocycles. The Kier molecular flexibility index (Phi) is 4.84. The first-order chi connectivity index (χ1) is 13.7. The summed E-state index contributed by atoms with van der Waals surface area (Å²) in [6.45, 7) is -0.199. The van der Waals surface area contributed by atoms with E-state index in [9.17, 15) is 9.59 Å². The number of aromatic nitrogens is 2. The van der Waals surface area contributed by atoms with E-state index in [1.807, 2.05) is 72.8 Å². The van der Waals surface area contributed by atoms with Crippen LogP contribution in [0.4, 0.5) is 5.69 Å². The third-order valence-corrected chi connectivity index (χ3v) is 4.31. The zero-order valence-corrected chi connectivity index (χ0v) is 14.9. The summed E-state index contributed by atoms with van der Waals surface area (Å²) in [4.78, 5) is 24.7. The van der Waals surface area contributed by atoms with Crippen molar-refractivity contribution in [2.75, 3.05) is 5.32 Å². The molecule has 6 nitrogen and oxygen atoms in total. The SMILES string of the molecule is O=C(Cn1c(-c2ccccc2)noc1=O)Nc1ccccc1-c1ccccc1. The van der Waals surface area contributed by atoms with Crippen LogP contribution in [0.25, 0.3) is 22.5 Å². The molecule has 0 aliphatic rings. The summed E-state index contributed by atoms with van der Waals surface area (Å²) in [7, 11) is 0. The topological polar surface area (TPSA) is 77.1 Å². The van der Waals surface area contributed by atoms with E-state index in [1.54, 1.807) is 12.1 Å². The molecule has 0 atom stereocenters. The number of amides is 1. The number of rotatable bonds is 5. The van der Waals surface area contributed by atoms with Gasteiger partial charge in [0.1, 0.15) is 6.54 Å². The van der Waals surface area contributed by atoms with Gasteiger partial charge in [0.15, 0.2) is 5.82 Å². The van der Waals surface area contributed by atoms with Gasteiger partial charge in [-0.2, -0.15) is 0 Å². The molecule has 1 heterocycles. The highest BCUT2D eigenvalue weighted by Gasteiger charge is 2.16. The van der Waals surface area contributed by atoms with Gasteiger partial charge in [-0.3, -0.25) is 9.32 Å². The fourth-order valence-corrected chi connectivity index (χ4v) is 3.00. The maximum atomic E-state index is 12.7. The molecule has 4 rings (SSSR count). The lowest BCUT2D eigenvalue weighted by Crippen LogP contribution is -2.25. The van der Waals surface area contributed by atoms with Crippen molar-refractivity contribution in [3.05, 3.63) is 95.5 Å². The van der Waals surface area contributed by atoms with E-state index in [4.69, 9.17) is 4.52 Å². The smallest absolute Gasteiger partial charge is 0.324 e. The van der Waals surface area contributed by atoms with Crippen LogP contribution in [0.1, 0.15) is 0 Å². The van der Waals surface area contributed by atoms with Gasteiger partial charge < -0.3 is 5.32 Å². The lowest BCUT2D eigenvalue weighted by atomic mass is 10.0. The molecule has 0 bridgehead atoms. The van der Waals surface area contributed by atoms with Crippen LogP contribution < -0.4 is 11.1 Å². The monoisotopic (exact) mass is 371 g/mol. The minimum Gasteiger partial charge on any atom is -0.324 e. The highest BCUT2D eigenvalue weighted by molar-refractivity contribution is 5.95. The summed E-state index contributed by atoms with van der Waals surface area (Å²) in [6, 6.07) is 26.4.